The van der Waals surface area contributed by atoms with Gasteiger partial charge < -0.3 is 51.1 Å². The van der Waals surface area contributed by atoms with Crippen LogP contribution in [0.4, 0.5) is 0 Å². The van der Waals surface area contributed by atoms with Gasteiger partial charge >= 0.3 is 0 Å². The quantitative estimate of drug-likeness (QED) is 0.0558. The minimum atomic E-state index is -0.598. The van der Waals surface area contributed by atoms with Crippen molar-refractivity contribution in [2.24, 2.45) is 0 Å². The molecule has 0 aliphatic heterocycles. The van der Waals surface area contributed by atoms with Crippen LogP contribution in [0.5, 0.6) is 34.5 Å². The highest BCUT2D eigenvalue weighted by Gasteiger charge is 2.23. The molecule has 0 atom stereocenters. The van der Waals surface area contributed by atoms with Crippen LogP contribution in [-0.4, -0.2) is 103 Å². The van der Waals surface area contributed by atoms with Crippen LogP contribution in [0.1, 0.15) is 78.2 Å². The number of carbonyl (C=O) groups excluding carboxylic acids is 4. The monoisotopic (exact) mass is 742 g/mol. The van der Waals surface area contributed by atoms with E-state index in [0.29, 0.717) is 36.8 Å². The van der Waals surface area contributed by atoms with Crippen LogP contribution in [0.15, 0.2) is 72.8 Å². The molecule has 0 aliphatic rings. The molecule has 0 fully saturated rings. The van der Waals surface area contributed by atoms with Gasteiger partial charge in [-0.15, -0.1) is 0 Å². The van der Waals surface area contributed by atoms with Gasteiger partial charge in [0.05, 0.1) is 22.3 Å². The van der Waals surface area contributed by atoms with Gasteiger partial charge in [-0.05, 0) is 87.1 Å². The van der Waals surface area contributed by atoms with Crippen molar-refractivity contribution in [3.8, 4) is 34.5 Å². The molecule has 4 aromatic carbocycles. The topological polar surface area (TPSA) is 220 Å². The average Bonchev–Trinajstić information content (AvgIpc) is 3.15. The maximum Gasteiger partial charge on any atom is 0.257 e. The van der Waals surface area contributed by atoms with Crippen LogP contribution in [0.2, 0.25) is 0 Å². The van der Waals surface area contributed by atoms with Gasteiger partial charge in [0, 0.05) is 39.3 Å². The summed E-state index contributed by atoms with van der Waals surface area (Å²) in [5.74, 6) is -4.23. The Morgan fingerprint density at radius 3 is 1.19 bits per heavy atom. The van der Waals surface area contributed by atoms with E-state index in [1.807, 2.05) is 0 Å². The lowest BCUT2D eigenvalue weighted by Gasteiger charge is -2.26. The summed E-state index contributed by atoms with van der Waals surface area (Å²) in [6.45, 7) is 4.54. The Kier molecular flexibility index (Phi) is 14.1. The van der Waals surface area contributed by atoms with E-state index in [-0.39, 0.29) is 73.0 Å². The molecule has 54 heavy (non-hydrogen) atoms. The first-order valence-electron chi connectivity index (χ1n) is 17.6. The highest BCUT2D eigenvalue weighted by molar-refractivity contribution is 5.99. The van der Waals surface area contributed by atoms with E-state index < -0.39 is 46.6 Å². The van der Waals surface area contributed by atoms with E-state index in [2.05, 4.69) is 10.6 Å². The Morgan fingerprint density at radius 1 is 0.463 bits per heavy atom. The molecule has 286 valence electrons. The molecule has 14 heteroatoms. The molecule has 0 spiro atoms. The van der Waals surface area contributed by atoms with Crippen molar-refractivity contribution < 1.29 is 49.8 Å². The van der Waals surface area contributed by atoms with Gasteiger partial charge in [-0.25, -0.2) is 0 Å². The van der Waals surface area contributed by atoms with Crippen molar-refractivity contribution in [2.45, 2.75) is 39.5 Å². The highest BCUT2D eigenvalue weighted by Crippen LogP contribution is 2.29. The number of rotatable bonds is 17. The number of hydrogen-bond donors (Lipinski definition) is 8. The maximum absolute atomic E-state index is 13.7. The number of nitrogens with zero attached hydrogens (tertiary/aromatic N) is 2. The van der Waals surface area contributed by atoms with Gasteiger partial charge in [0.15, 0.2) is 23.0 Å². The molecule has 0 aromatic heterocycles. The second-order valence-electron chi connectivity index (χ2n) is 12.8. The Morgan fingerprint density at radius 2 is 0.796 bits per heavy atom. The molecule has 0 bridgehead atoms. The normalized spacial score (nSPS) is 10.8. The number of phenolic OH excluding ortho intramolecular Hbond substituents is 6. The van der Waals surface area contributed by atoms with E-state index >= 15 is 0 Å². The number of aromatic hydroxyl groups is 6. The first-order chi connectivity index (χ1) is 25.8. The second kappa shape index (κ2) is 18.9. The van der Waals surface area contributed by atoms with Crippen LogP contribution in [0, 0.1) is 13.8 Å². The summed E-state index contributed by atoms with van der Waals surface area (Å²) in [6, 6.07) is 17.9. The molecule has 8 N–H and O–H groups in total. The standard InChI is InChI=1S/C40H46N4O10/c1-25-11-5-15-29(33(25)47)39(53)43(23-9-19-41-37(51)27-13-7-17-31(45)35(27)49)21-3-4-22-44(40(54)30-16-6-12-26(2)34(30)48)24-10-20-42-38(52)28-14-8-18-32(46)36(28)50/h5-8,11-18,45-50H,3-4,9-10,19-24H2,1-2H3,(H,41,51)(H,42,52). The molecule has 0 radical (unpaired) electrons. The van der Waals surface area contributed by atoms with E-state index in [0.717, 1.165) is 0 Å². The lowest BCUT2D eigenvalue weighted by molar-refractivity contribution is 0.0715. The number of carbonyl (C=O) groups is 4. The predicted octanol–water partition coefficient (Wildman–Crippen LogP) is 4.54. The lowest BCUT2D eigenvalue weighted by atomic mass is 10.1. The molecular formula is C40H46N4O10. The minimum Gasteiger partial charge on any atom is -0.507 e. The number of benzene rings is 4. The van der Waals surface area contributed by atoms with Crippen molar-refractivity contribution in [2.75, 3.05) is 39.3 Å². The number of aryl methyl sites for hydroxylation is 2. The van der Waals surface area contributed by atoms with Gasteiger partial charge in [0.1, 0.15) is 11.5 Å². The number of hydrogen-bond acceptors (Lipinski definition) is 10. The van der Waals surface area contributed by atoms with Crippen LogP contribution < -0.4 is 10.6 Å². The fraction of sp³-hybridized carbons (Fsp3) is 0.300. The molecule has 4 amide bonds. The summed E-state index contributed by atoms with van der Waals surface area (Å²) in [5, 5.41) is 66.2. The summed E-state index contributed by atoms with van der Waals surface area (Å²) in [7, 11) is 0. The summed E-state index contributed by atoms with van der Waals surface area (Å²) in [4.78, 5) is 55.7. The summed E-state index contributed by atoms with van der Waals surface area (Å²) >= 11 is 0. The third kappa shape index (κ3) is 10.1. The van der Waals surface area contributed by atoms with Gasteiger partial charge in [0.25, 0.3) is 23.6 Å². The van der Waals surface area contributed by atoms with E-state index in [1.165, 1.54) is 48.5 Å². The summed E-state index contributed by atoms with van der Waals surface area (Å²) in [5.41, 5.74) is 1.12. The van der Waals surface area contributed by atoms with Gasteiger partial charge in [0.2, 0.25) is 0 Å². The van der Waals surface area contributed by atoms with Crippen molar-refractivity contribution in [1.82, 2.24) is 20.4 Å². The number of nitrogens with one attached hydrogen (secondary N) is 2. The van der Waals surface area contributed by atoms with E-state index in [9.17, 15) is 49.8 Å². The minimum absolute atomic E-state index is 0.0936. The Balaban J connectivity index is 1.40. The molecule has 0 aliphatic carbocycles. The smallest absolute Gasteiger partial charge is 0.257 e. The lowest BCUT2D eigenvalue weighted by Crippen LogP contribution is -2.37. The highest BCUT2D eigenvalue weighted by atomic mass is 16.3. The molecule has 14 nitrogen and oxygen atoms in total. The number of para-hydroxylation sites is 4. The zero-order chi connectivity index (χ0) is 39.4. The fourth-order valence-electron chi connectivity index (χ4n) is 5.80. The third-order valence-electron chi connectivity index (χ3n) is 8.92. The van der Waals surface area contributed by atoms with Crippen molar-refractivity contribution in [1.29, 1.82) is 0 Å². The molecule has 0 saturated heterocycles. The van der Waals surface area contributed by atoms with Gasteiger partial charge in [-0.1, -0.05) is 36.4 Å². The second-order valence-corrected chi connectivity index (χ2v) is 12.8. The summed E-state index contributed by atoms with van der Waals surface area (Å²) < 4.78 is 0. The Hall–Kier alpha value is -6.44. The van der Waals surface area contributed by atoms with Crippen LogP contribution in [0.3, 0.4) is 0 Å². The van der Waals surface area contributed by atoms with Crippen LogP contribution in [0.25, 0.3) is 0 Å². The molecule has 0 saturated carbocycles. The Labute approximate surface area is 312 Å². The van der Waals surface area contributed by atoms with Crippen LogP contribution >= 0.6 is 0 Å². The maximum atomic E-state index is 13.7. The molecule has 4 rings (SSSR count). The van der Waals surface area contributed by atoms with E-state index in [1.54, 1.807) is 47.9 Å². The molecule has 0 unspecified atom stereocenters. The molecule has 0 heterocycles. The largest absolute Gasteiger partial charge is 0.507 e. The number of amides is 4. The van der Waals surface area contributed by atoms with Gasteiger partial charge in [-0.2, -0.15) is 0 Å². The fourth-order valence-corrected chi connectivity index (χ4v) is 5.80. The van der Waals surface area contributed by atoms with Crippen LogP contribution in [-0.2, 0) is 0 Å². The Bertz CT molecular complexity index is 1840. The predicted molar refractivity (Wildman–Crippen MR) is 200 cm³/mol. The van der Waals surface area contributed by atoms with Crippen molar-refractivity contribution in [3.63, 3.8) is 0 Å². The SMILES string of the molecule is Cc1cccc(C(=O)N(CCCCN(CCCNC(=O)c2cccc(O)c2O)C(=O)c2cccc(C)c2O)CCCNC(=O)c2cccc(O)c2O)c1O. The molecule has 4 aromatic rings. The molecular weight excluding hydrogens is 696 g/mol. The van der Waals surface area contributed by atoms with Crippen molar-refractivity contribution in [3.05, 3.63) is 106 Å². The van der Waals surface area contributed by atoms with E-state index in [4.69, 9.17) is 0 Å². The zero-order valence-electron chi connectivity index (χ0n) is 30.2. The summed E-state index contributed by atoms with van der Waals surface area (Å²) in [6.07, 6.45) is 1.54. The third-order valence-corrected chi connectivity index (χ3v) is 8.92. The number of unbranched alkanes of at least 4 members (excludes halogenated alkanes) is 1. The first-order valence-corrected chi connectivity index (χ1v) is 17.6. The zero-order valence-corrected chi connectivity index (χ0v) is 30.2. The van der Waals surface area contributed by atoms with Gasteiger partial charge in [-0.3, -0.25) is 19.2 Å². The first kappa shape index (κ1) is 40.3. The van der Waals surface area contributed by atoms with Crippen molar-refractivity contribution >= 4 is 23.6 Å². The number of phenols is 6. The average molecular weight is 743 g/mol.